The molecule has 0 aliphatic heterocycles. The molecule has 6 nitrogen and oxygen atoms in total. The standard InChI is InChI=1S/C14H15FN4O2/c1-3-11-14(16-8-17-19-11)21-7-13(20)18-12-6-9(2)4-5-10(12)15/h4-6,8H,3,7H2,1-2H3,(H,18,20). The summed E-state index contributed by atoms with van der Waals surface area (Å²) in [4.78, 5) is 15.7. The number of nitrogens with zero attached hydrogens (tertiary/aromatic N) is 3. The van der Waals surface area contributed by atoms with Gasteiger partial charge in [0.2, 0.25) is 5.88 Å². The summed E-state index contributed by atoms with van der Waals surface area (Å²) in [5.74, 6) is -0.709. The van der Waals surface area contributed by atoms with E-state index in [1.54, 1.807) is 12.1 Å². The van der Waals surface area contributed by atoms with Gasteiger partial charge >= 0.3 is 0 Å². The van der Waals surface area contributed by atoms with E-state index in [1.165, 1.54) is 12.4 Å². The molecule has 0 saturated carbocycles. The molecule has 0 radical (unpaired) electrons. The summed E-state index contributed by atoms with van der Waals surface area (Å²) in [6.45, 7) is 3.41. The minimum Gasteiger partial charge on any atom is -0.466 e. The van der Waals surface area contributed by atoms with E-state index in [9.17, 15) is 9.18 Å². The van der Waals surface area contributed by atoms with Crippen LogP contribution in [0.5, 0.6) is 5.88 Å². The van der Waals surface area contributed by atoms with Crippen molar-refractivity contribution < 1.29 is 13.9 Å². The molecule has 0 atom stereocenters. The number of amides is 1. The largest absolute Gasteiger partial charge is 0.466 e. The fraction of sp³-hybridized carbons (Fsp3) is 0.286. The Morgan fingerprint density at radius 3 is 3.00 bits per heavy atom. The minimum atomic E-state index is -0.494. The van der Waals surface area contributed by atoms with E-state index >= 15 is 0 Å². The number of ether oxygens (including phenoxy) is 1. The SMILES string of the molecule is CCc1nncnc1OCC(=O)Nc1cc(C)ccc1F. The molecule has 0 bridgehead atoms. The zero-order valence-electron chi connectivity index (χ0n) is 11.8. The summed E-state index contributed by atoms with van der Waals surface area (Å²) in [6, 6.07) is 4.48. The zero-order valence-corrected chi connectivity index (χ0v) is 11.8. The molecule has 0 saturated heterocycles. The van der Waals surface area contributed by atoms with Crippen molar-refractivity contribution in [2.75, 3.05) is 11.9 Å². The van der Waals surface area contributed by atoms with Gasteiger partial charge in [0.25, 0.3) is 5.91 Å². The van der Waals surface area contributed by atoms with Crippen molar-refractivity contribution in [1.29, 1.82) is 0 Å². The summed E-state index contributed by atoms with van der Waals surface area (Å²) < 4.78 is 18.8. The first-order valence-electron chi connectivity index (χ1n) is 6.45. The number of halogens is 1. The third-order valence-corrected chi connectivity index (χ3v) is 2.72. The number of aryl methyl sites for hydroxylation is 2. The third-order valence-electron chi connectivity index (χ3n) is 2.72. The van der Waals surface area contributed by atoms with Crippen LogP contribution in [-0.4, -0.2) is 27.7 Å². The highest BCUT2D eigenvalue weighted by Crippen LogP contribution is 2.16. The Hall–Kier alpha value is -2.57. The van der Waals surface area contributed by atoms with Crippen LogP contribution in [0, 0.1) is 12.7 Å². The average Bonchev–Trinajstić information content (AvgIpc) is 2.49. The van der Waals surface area contributed by atoms with E-state index in [0.29, 0.717) is 12.1 Å². The van der Waals surface area contributed by atoms with Gasteiger partial charge in [-0.1, -0.05) is 13.0 Å². The average molecular weight is 290 g/mol. The molecule has 1 aromatic carbocycles. The molecule has 0 spiro atoms. The van der Waals surface area contributed by atoms with Crippen LogP contribution in [-0.2, 0) is 11.2 Å². The molecule has 0 aliphatic rings. The number of hydrogen-bond donors (Lipinski definition) is 1. The van der Waals surface area contributed by atoms with Gasteiger partial charge in [-0.05, 0) is 31.0 Å². The lowest BCUT2D eigenvalue weighted by Gasteiger charge is -2.09. The lowest BCUT2D eigenvalue weighted by molar-refractivity contribution is -0.118. The highest BCUT2D eigenvalue weighted by Gasteiger charge is 2.10. The van der Waals surface area contributed by atoms with Crippen LogP contribution in [0.3, 0.4) is 0 Å². The van der Waals surface area contributed by atoms with Crippen molar-refractivity contribution in [1.82, 2.24) is 15.2 Å². The first-order chi connectivity index (χ1) is 10.1. The van der Waals surface area contributed by atoms with Gasteiger partial charge in [0.15, 0.2) is 6.61 Å². The summed E-state index contributed by atoms with van der Waals surface area (Å²) in [5, 5.41) is 9.95. The lowest BCUT2D eigenvalue weighted by atomic mass is 10.2. The highest BCUT2D eigenvalue weighted by atomic mass is 19.1. The molecular formula is C14H15FN4O2. The quantitative estimate of drug-likeness (QED) is 0.910. The van der Waals surface area contributed by atoms with Gasteiger partial charge in [-0.15, -0.1) is 10.2 Å². The van der Waals surface area contributed by atoms with Gasteiger partial charge in [0.1, 0.15) is 17.8 Å². The van der Waals surface area contributed by atoms with Crippen LogP contribution >= 0.6 is 0 Å². The number of carbonyl (C=O) groups is 1. The van der Waals surface area contributed by atoms with Gasteiger partial charge in [0.05, 0.1) is 5.69 Å². The second kappa shape index (κ2) is 6.74. The Morgan fingerprint density at radius 1 is 1.43 bits per heavy atom. The van der Waals surface area contributed by atoms with Crippen molar-refractivity contribution in [3.05, 3.63) is 41.6 Å². The molecule has 7 heteroatoms. The molecule has 110 valence electrons. The first-order valence-corrected chi connectivity index (χ1v) is 6.45. The Balaban J connectivity index is 1.97. The first kappa shape index (κ1) is 14.8. The maximum absolute atomic E-state index is 13.5. The van der Waals surface area contributed by atoms with Crippen molar-refractivity contribution in [2.45, 2.75) is 20.3 Å². The van der Waals surface area contributed by atoms with Crippen molar-refractivity contribution in [3.8, 4) is 5.88 Å². The van der Waals surface area contributed by atoms with Crippen LogP contribution in [0.4, 0.5) is 10.1 Å². The minimum absolute atomic E-state index is 0.125. The summed E-state index contributed by atoms with van der Waals surface area (Å²) in [5.41, 5.74) is 1.54. The van der Waals surface area contributed by atoms with Crippen molar-refractivity contribution in [2.24, 2.45) is 0 Å². The predicted molar refractivity (Wildman–Crippen MR) is 74.5 cm³/mol. The molecule has 0 aliphatic carbocycles. The van der Waals surface area contributed by atoms with E-state index in [0.717, 1.165) is 5.56 Å². The monoisotopic (exact) mass is 290 g/mol. The van der Waals surface area contributed by atoms with E-state index in [2.05, 4.69) is 20.5 Å². The Labute approximate surface area is 121 Å². The molecule has 1 amide bonds. The predicted octanol–water partition coefficient (Wildman–Crippen LogP) is 1.90. The molecule has 1 N–H and O–H groups in total. The molecule has 2 aromatic rings. The fourth-order valence-electron chi connectivity index (χ4n) is 1.69. The molecule has 21 heavy (non-hydrogen) atoms. The van der Waals surface area contributed by atoms with Gasteiger partial charge in [-0.3, -0.25) is 4.79 Å². The number of benzene rings is 1. The zero-order chi connectivity index (χ0) is 15.2. The van der Waals surface area contributed by atoms with Crippen molar-refractivity contribution in [3.63, 3.8) is 0 Å². The topological polar surface area (TPSA) is 77.0 Å². The van der Waals surface area contributed by atoms with E-state index in [-0.39, 0.29) is 18.2 Å². The van der Waals surface area contributed by atoms with Gasteiger partial charge in [-0.25, -0.2) is 4.39 Å². The summed E-state index contributed by atoms with van der Waals surface area (Å²) >= 11 is 0. The summed E-state index contributed by atoms with van der Waals surface area (Å²) in [6.07, 6.45) is 1.83. The normalized spacial score (nSPS) is 10.2. The summed E-state index contributed by atoms with van der Waals surface area (Å²) in [7, 11) is 0. The van der Waals surface area contributed by atoms with Crippen LogP contribution in [0.15, 0.2) is 24.5 Å². The lowest BCUT2D eigenvalue weighted by Crippen LogP contribution is -2.21. The molecule has 0 unspecified atom stereocenters. The Kier molecular flexibility index (Phi) is 4.76. The van der Waals surface area contributed by atoms with Crippen LogP contribution in [0.1, 0.15) is 18.2 Å². The van der Waals surface area contributed by atoms with Crippen LogP contribution in [0.2, 0.25) is 0 Å². The third kappa shape index (κ3) is 3.95. The number of aromatic nitrogens is 3. The van der Waals surface area contributed by atoms with Gasteiger partial charge < -0.3 is 10.1 Å². The maximum Gasteiger partial charge on any atom is 0.262 e. The van der Waals surface area contributed by atoms with E-state index in [1.807, 2.05) is 13.8 Å². The maximum atomic E-state index is 13.5. The molecular weight excluding hydrogens is 275 g/mol. The van der Waals surface area contributed by atoms with Gasteiger partial charge in [0, 0.05) is 0 Å². The van der Waals surface area contributed by atoms with E-state index in [4.69, 9.17) is 4.74 Å². The van der Waals surface area contributed by atoms with Crippen LogP contribution < -0.4 is 10.1 Å². The second-order valence-corrected chi connectivity index (χ2v) is 4.39. The van der Waals surface area contributed by atoms with E-state index < -0.39 is 11.7 Å². The highest BCUT2D eigenvalue weighted by molar-refractivity contribution is 5.92. The number of carbonyl (C=O) groups excluding carboxylic acids is 1. The molecule has 2 rings (SSSR count). The number of nitrogens with one attached hydrogen (secondary N) is 1. The molecule has 1 heterocycles. The molecule has 0 fully saturated rings. The Morgan fingerprint density at radius 2 is 2.24 bits per heavy atom. The second-order valence-electron chi connectivity index (χ2n) is 4.39. The molecule has 1 aromatic heterocycles. The van der Waals surface area contributed by atoms with Crippen molar-refractivity contribution >= 4 is 11.6 Å². The number of anilines is 1. The number of hydrogen-bond acceptors (Lipinski definition) is 5. The van der Waals surface area contributed by atoms with Gasteiger partial charge in [-0.2, -0.15) is 4.98 Å². The Bertz CT molecular complexity index is 649. The fourth-order valence-corrected chi connectivity index (χ4v) is 1.69. The smallest absolute Gasteiger partial charge is 0.262 e. The van der Waals surface area contributed by atoms with Crippen LogP contribution in [0.25, 0.3) is 0 Å². The number of rotatable bonds is 5.